The van der Waals surface area contributed by atoms with Crippen LogP contribution in [-0.4, -0.2) is 24.3 Å². The maximum atomic E-state index is 14.0. The minimum Gasteiger partial charge on any atom is -0.370 e. The Labute approximate surface area is 158 Å². The lowest BCUT2D eigenvalue weighted by Crippen LogP contribution is -2.44. The Kier molecular flexibility index (Phi) is 4.78. The number of alkyl halides is 1. The van der Waals surface area contributed by atoms with Crippen LogP contribution in [0, 0.1) is 5.92 Å². The quantitative estimate of drug-likeness (QED) is 0.774. The van der Waals surface area contributed by atoms with Crippen molar-refractivity contribution in [3.8, 4) is 0 Å². The number of rotatable bonds is 5. The Hall–Kier alpha value is -1.81. The van der Waals surface area contributed by atoms with Gasteiger partial charge in [-0.25, -0.2) is 0 Å². The van der Waals surface area contributed by atoms with Gasteiger partial charge in [-0.15, -0.1) is 0 Å². The highest BCUT2D eigenvalue weighted by atomic mass is 35.5. The van der Waals surface area contributed by atoms with E-state index in [-0.39, 0.29) is 12.2 Å². The first kappa shape index (κ1) is 17.6. The van der Waals surface area contributed by atoms with Gasteiger partial charge >= 0.3 is 0 Å². The molecule has 1 aliphatic heterocycles. The van der Waals surface area contributed by atoms with Gasteiger partial charge in [0.2, 0.25) is 0 Å². The van der Waals surface area contributed by atoms with E-state index in [1.807, 2.05) is 42.6 Å². The van der Waals surface area contributed by atoms with Crippen molar-refractivity contribution < 1.29 is 4.39 Å². The molecule has 0 N–H and O–H groups in total. The van der Waals surface area contributed by atoms with Crippen molar-refractivity contribution in [3.05, 3.63) is 63.5 Å². The summed E-state index contributed by atoms with van der Waals surface area (Å²) in [5.41, 5.74) is 1.31. The molecule has 1 aromatic heterocycles. The standard InChI is InChI=1S/C21H24ClFN2O/c22-19-18(8-11-25(20(19)26)14-16-6-7-16)24-12-9-21(15-23,10-13-24)17-4-2-1-3-5-17/h1-5,8,11,16H,6-7,9-10,12-15H2. The third kappa shape index (κ3) is 3.27. The molecule has 0 amide bonds. The van der Waals surface area contributed by atoms with E-state index >= 15 is 0 Å². The number of halogens is 2. The summed E-state index contributed by atoms with van der Waals surface area (Å²) in [6, 6.07) is 11.9. The molecule has 0 radical (unpaired) electrons. The zero-order valence-electron chi connectivity index (χ0n) is 14.8. The predicted octanol–water partition coefficient (Wildman–Crippen LogP) is 4.42. The van der Waals surface area contributed by atoms with Crippen LogP contribution in [0.3, 0.4) is 0 Å². The fourth-order valence-electron chi connectivity index (χ4n) is 3.97. The van der Waals surface area contributed by atoms with Crippen molar-refractivity contribution >= 4 is 17.3 Å². The fourth-order valence-corrected chi connectivity index (χ4v) is 4.26. The van der Waals surface area contributed by atoms with E-state index in [1.165, 1.54) is 12.8 Å². The Balaban J connectivity index is 1.52. The number of hydrogen-bond acceptors (Lipinski definition) is 2. The molecule has 0 atom stereocenters. The van der Waals surface area contributed by atoms with Crippen LogP contribution in [-0.2, 0) is 12.0 Å². The van der Waals surface area contributed by atoms with Gasteiger partial charge in [0, 0.05) is 31.2 Å². The number of hydrogen-bond donors (Lipinski definition) is 0. The van der Waals surface area contributed by atoms with Gasteiger partial charge in [0.1, 0.15) is 5.02 Å². The van der Waals surface area contributed by atoms with Crippen molar-refractivity contribution in [3.63, 3.8) is 0 Å². The molecule has 1 saturated carbocycles. The second-order valence-corrected chi connectivity index (χ2v) is 8.06. The molecule has 0 spiro atoms. The molecule has 5 heteroatoms. The molecule has 26 heavy (non-hydrogen) atoms. The van der Waals surface area contributed by atoms with E-state index in [2.05, 4.69) is 4.90 Å². The minimum absolute atomic E-state index is 0.110. The summed E-state index contributed by atoms with van der Waals surface area (Å²) in [5.74, 6) is 0.626. The van der Waals surface area contributed by atoms with Gasteiger partial charge in [-0.05, 0) is 43.2 Å². The summed E-state index contributed by atoms with van der Waals surface area (Å²) in [6.07, 6.45) is 5.69. The number of nitrogens with zero attached hydrogens (tertiary/aromatic N) is 2. The molecule has 2 aliphatic rings. The first-order chi connectivity index (χ1) is 12.6. The summed E-state index contributed by atoms with van der Waals surface area (Å²) < 4.78 is 15.7. The number of aromatic nitrogens is 1. The van der Waals surface area contributed by atoms with Crippen molar-refractivity contribution in [1.82, 2.24) is 4.57 Å². The summed E-state index contributed by atoms with van der Waals surface area (Å²) in [5, 5.41) is 0.292. The van der Waals surface area contributed by atoms with Crippen LogP contribution >= 0.6 is 11.6 Å². The third-order valence-electron chi connectivity index (χ3n) is 5.94. The Bertz CT molecular complexity index is 824. The summed E-state index contributed by atoms with van der Waals surface area (Å²) in [6.45, 7) is 1.80. The van der Waals surface area contributed by atoms with Crippen LogP contribution in [0.15, 0.2) is 47.4 Å². The Morgan fingerprint density at radius 1 is 1.12 bits per heavy atom. The predicted molar refractivity (Wildman–Crippen MR) is 104 cm³/mol. The van der Waals surface area contributed by atoms with E-state index in [0.29, 0.717) is 24.0 Å². The van der Waals surface area contributed by atoms with Crippen molar-refractivity contribution in [2.45, 2.75) is 37.6 Å². The Morgan fingerprint density at radius 2 is 1.81 bits per heavy atom. The number of piperidine rings is 1. The second-order valence-electron chi connectivity index (χ2n) is 7.68. The highest BCUT2D eigenvalue weighted by Crippen LogP contribution is 2.38. The van der Waals surface area contributed by atoms with Gasteiger partial charge in [-0.1, -0.05) is 41.9 Å². The first-order valence-electron chi connectivity index (χ1n) is 9.38. The lowest BCUT2D eigenvalue weighted by atomic mass is 9.74. The molecule has 4 rings (SSSR count). The fraction of sp³-hybridized carbons (Fsp3) is 0.476. The van der Waals surface area contributed by atoms with Crippen molar-refractivity contribution in [1.29, 1.82) is 0 Å². The van der Waals surface area contributed by atoms with Gasteiger partial charge in [-0.3, -0.25) is 9.18 Å². The van der Waals surface area contributed by atoms with E-state index in [0.717, 1.165) is 30.6 Å². The molecule has 3 nitrogen and oxygen atoms in total. The molecule has 138 valence electrons. The SMILES string of the molecule is O=c1c(Cl)c(N2CCC(CF)(c3ccccc3)CC2)ccn1CC1CC1. The van der Waals surface area contributed by atoms with Crippen LogP contribution in [0.2, 0.25) is 5.02 Å². The van der Waals surface area contributed by atoms with Crippen LogP contribution in [0.4, 0.5) is 10.1 Å². The molecule has 1 aliphatic carbocycles. The van der Waals surface area contributed by atoms with E-state index < -0.39 is 5.41 Å². The molecule has 1 saturated heterocycles. The second kappa shape index (κ2) is 7.07. The lowest BCUT2D eigenvalue weighted by molar-refractivity contribution is 0.251. The van der Waals surface area contributed by atoms with Crippen LogP contribution in [0.1, 0.15) is 31.2 Å². The van der Waals surface area contributed by atoms with Gasteiger partial charge in [0.05, 0.1) is 12.4 Å². The molecule has 2 fully saturated rings. The lowest BCUT2D eigenvalue weighted by Gasteiger charge is -2.41. The monoisotopic (exact) mass is 374 g/mol. The highest BCUT2D eigenvalue weighted by molar-refractivity contribution is 6.33. The molecule has 0 bridgehead atoms. The maximum absolute atomic E-state index is 14.0. The Morgan fingerprint density at radius 3 is 2.42 bits per heavy atom. The third-order valence-corrected chi connectivity index (χ3v) is 6.30. The average Bonchev–Trinajstić information content (AvgIpc) is 3.51. The van der Waals surface area contributed by atoms with Gasteiger partial charge < -0.3 is 9.47 Å². The first-order valence-corrected chi connectivity index (χ1v) is 9.76. The van der Waals surface area contributed by atoms with Crippen molar-refractivity contribution in [2.24, 2.45) is 5.92 Å². The van der Waals surface area contributed by atoms with Gasteiger partial charge in [-0.2, -0.15) is 0 Å². The molecule has 2 heterocycles. The normalized spacial score (nSPS) is 19.5. The minimum atomic E-state index is -0.425. The zero-order valence-corrected chi connectivity index (χ0v) is 15.6. The van der Waals surface area contributed by atoms with Crippen LogP contribution in [0.25, 0.3) is 0 Å². The zero-order chi connectivity index (χ0) is 18.1. The van der Waals surface area contributed by atoms with Gasteiger partial charge in [0.25, 0.3) is 5.56 Å². The largest absolute Gasteiger partial charge is 0.370 e. The molecule has 2 aromatic rings. The van der Waals surface area contributed by atoms with Crippen LogP contribution < -0.4 is 10.5 Å². The smallest absolute Gasteiger partial charge is 0.271 e. The summed E-state index contributed by atoms with van der Waals surface area (Å²) in [4.78, 5) is 14.7. The number of anilines is 1. The molecule has 0 unspecified atom stereocenters. The number of benzene rings is 1. The maximum Gasteiger partial charge on any atom is 0.271 e. The molecular formula is C21H24ClFN2O. The van der Waals surface area contributed by atoms with E-state index in [1.54, 1.807) is 4.57 Å². The van der Waals surface area contributed by atoms with Crippen LogP contribution in [0.5, 0.6) is 0 Å². The average molecular weight is 375 g/mol. The highest BCUT2D eigenvalue weighted by Gasteiger charge is 2.37. The van der Waals surface area contributed by atoms with Gasteiger partial charge in [0.15, 0.2) is 0 Å². The van der Waals surface area contributed by atoms with E-state index in [9.17, 15) is 9.18 Å². The molecule has 1 aromatic carbocycles. The summed E-state index contributed by atoms with van der Waals surface area (Å²) in [7, 11) is 0. The molecular weight excluding hydrogens is 351 g/mol. The van der Waals surface area contributed by atoms with Crippen molar-refractivity contribution in [2.75, 3.05) is 24.7 Å². The van der Waals surface area contributed by atoms with E-state index in [4.69, 9.17) is 11.6 Å². The number of pyridine rings is 1. The topological polar surface area (TPSA) is 25.2 Å². The summed E-state index contributed by atoms with van der Waals surface area (Å²) >= 11 is 6.41.